The van der Waals surface area contributed by atoms with Crippen molar-refractivity contribution in [1.29, 1.82) is 0 Å². The summed E-state index contributed by atoms with van der Waals surface area (Å²) in [5.74, 6) is 0. The topological polar surface area (TPSA) is 58.6 Å². The van der Waals surface area contributed by atoms with Gasteiger partial charge in [0.25, 0.3) is 0 Å². The molecule has 4 nitrogen and oxygen atoms in total. The second-order valence-corrected chi connectivity index (χ2v) is 3.18. The second-order valence-electron chi connectivity index (χ2n) is 2.22. The van der Waals surface area contributed by atoms with Gasteiger partial charge in [-0.25, -0.2) is 0 Å². The Morgan fingerprint density at radius 1 is 1.64 bits per heavy atom. The molecule has 0 saturated carbocycles. The standard InChI is InChI=1S/C6H5N3OS/c1-3-2-7-9-5-4(3)8-6(10)11-5/h2H,1H3,(H,8,10). The SMILES string of the molecule is Cc1cnnc2sc(=O)[nH]c12. The molecular formula is C6H5N3OS. The van der Waals surface area contributed by atoms with Crippen molar-refractivity contribution >= 4 is 21.7 Å². The van der Waals surface area contributed by atoms with Crippen molar-refractivity contribution in [3.63, 3.8) is 0 Å². The van der Waals surface area contributed by atoms with E-state index in [-0.39, 0.29) is 4.87 Å². The van der Waals surface area contributed by atoms with E-state index in [2.05, 4.69) is 15.2 Å². The average molecular weight is 167 g/mol. The molecule has 1 N–H and O–H groups in total. The number of H-pyrrole nitrogens is 1. The van der Waals surface area contributed by atoms with Gasteiger partial charge in [0.05, 0.1) is 11.7 Å². The van der Waals surface area contributed by atoms with Crippen LogP contribution in [0.5, 0.6) is 0 Å². The van der Waals surface area contributed by atoms with Crippen LogP contribution in [0.1, 0.15) is 5.56 Å². The van der Waals surface area contributed by atoms with Crippen molar-refractivity contribution in [3.8, 4) is 0 Å². The van der Waals surface area contributed by atoms with Crippen LogP contribution in [-0.2, 0) is 0 Å². The Morgan fingerprint density at radius 2 is 2.45 bits per heavy atom. The number of hydrogen-bond acceptors (Lipinski definition) is 4. The molecule has 0 bridgehead atoms. The fourth-order valence-corrected chi connectivity index (χ4v) is 1.62. The first kappa shape index (κ1) is 6.48. The molecule has 11 heavy (non-hydrogen) atoms. The second kappa shape index (κ2) is 2.13. The smallest absolute Gasteiger partial charge is 0.307 e. The van der Waals surface area contributed by atoms with Gasteiger partial charge in [-0.05, 0) is 12.5 Å². The van der Waals surface area contributed by atoms with Crippen LogP contribution in [0.15, 0.2) is 11.0 Å². The lowest BCUT2D eigenvalue weighted by molar-refractivity contribution is 1.07. The zero-order chi connectivity index (χ0) is 7.84. The highest BCUT2D eigenvalue weighted by atomic mass is 32.1. The first-order chi connectivity index (χ1) is 5.27. The maximum absolute atomic E-state index is 10.8. The highest BCUT2D eigenvalue weighted by Crippen LogP contribution is 2.12. The maximum Gasteiger partial charge on any atom is 0.307 e. The molecule has 2 aromatic heterocycles. The number of nitrogens with zero attached hydrogens (tertiary/aromatic N) is 2. The van der Waals surface area contributed by atoms with Gasteiger partial charge in [-0.1, -0.05) is 11.3 Å². The molecule has 0 saturated heterocycles. The third kappa shape index (κ3) is 0.932. The average Bonchev–Trinajstić information content (AvgIpc) is 2.31. The Kier molecular flexibility index (Phi) is 1.25. The molecule has 2 aromatic rings. The fraction of sp³-hybridized carbons (Fsp3) is 0.167. The van der Waals surface area contributed by atoms with Crippen molar-refractivity contribution in [3.05, 3.63) is 21.4 Å². The summed E-state index contributed by atoms with van der Waals surface area (Å²) in [6.07, 6.45) is 1.63. The maximum atomic E-state index is 10.8. The van der Waals surface area contributed by atoms with Crippen LogP contribution >= 0.6 is 11.3 Å². The molecule has 2 rings (SSSR count). The number of thiazole rings is 1. The van der Waals surface area contributed by atoms with Crippen LogP contribution in [0, 0.1) is 6.92 Å². The number of aryl methyl sites for hydroxylation is 1. The van der Waals surface area contributed by atoms with Gasteiger partial charge in [0.1, 0.15) is 0 Å². The van der Waals surface area contributed by atoms with Crippen LogP contribution in [-0.4, -0.2) is 15.2 Å². The first-order valence-electron chi connectivity index (χ1n) is 3.08. The Hall–Kier alpha value is -1.23. The minimum atomic E-state index is -0.0800. The van der Waals surface area contributed by atoms with Crippen LogP contribution < -0.4 is 4.87 Å². The predicted octanol–water partition coefficient (Wildman–Crippen LogP) is 0.688. The van der Waals surface area contributed by atoms with Crippen LogP contribution in [0.3, 0.4) is 0 Å². The molecule has 0 amide bonds. The van der Waals surface area contributed by atoms with Gasteiger partial charge < -0.3 is 4.98 Å². The largest absolute Gasteiger partial charge is 0.311 e. The molecule has 0 unspecified atom stereocenters. The molecule has 0 aliphatic rings. The molecular weight excluding hydrogens is 162 g/mol. The Morgan fingerprint density at radius 3 is 3.18 bits per heavy atom. The highest BCUT2D eigenvalue weighted by Gasteiger charge is 2.01. The number of aromatic amines is 1. The predicted molar refractivity (Wildman–Crippen MR) is 42.8 cm³/mol. The molecule has 0 aromatic carbocycles. The molecule has 0 atom stereocenters. The van der Waals surface area contributed by atoms with E-state index >= 15 is 0 Å². The normalized spacial score (nSPS) is 10.6. The molecule has 0 radical (unpaired) electrons. The summed E-state index contributed by atoms with van der Waals surface area (Å²) < 4.78 is 0. The summed E-state index contributed by atoms with van der Waals surface area (Å²) in [7, 11) is 0. The van der Waals surface area contributed by atoms with Gasteiger partial charge in [-0.3, -0.25) is 4.79 Å². The highest BCUT2D eigenvalue weighted by molar-refractivity contribution is 7.15. The van der Waals surface area contributed by atoms with Gasteiger partial charge in [0, 0.05) is 0 Å². The Bertz CT molecular complexity index is 444. The molecule has 0 aliphatic heterocycles. The Balaban J connectivity index is 3.01. The summed E-state index contributed by atoms with van der Waals surface area (Å²) in [6, 6.07) is 0. The molecule has 0 spiro atoms. The molecule has 56 valence electrons. The summed E-state index contributed by atoms with van der Waals surface area (Å²) in [6.45, 7) is 1.89. The molecule has 5 heteroatoms. The van der Waals surface area contributed by atoms with E-state index in [0.717, 1.165) is 22.4 Å². The van der Waals surface area contributed by atoms with Crippen LogP contribution in [0.4, 0.5) is 0 Å². The lowest BCUT2D eigenvalue weighted by Gasteiger charge is -1.88. The van der Waals surface area contributed by atoms with E-state index in [1.165, 1.54) is 0 Å². The minimum absolute atomic E-state index is 0.0800. The zero-order valence-corrected chi connectivity index (χ0v) is 6.60. The summed E-state index contributed by atoms with van der Waals surface area (Å²) >= 11 is 1.08. The van der Waals surface area contributed by atoms with Crippen molar-refractivity contribution in [2.45, 2.75) is 6.92 Å². The van der Waals surface area contributed by atoms with E-state index in [9.17, 15) is 4.79 Å². The number of hydrogen-bond donors (Lipinski definition) is 1. The lowest BCUT2D eigenvalue weighted by Crippen LogP contribution is -1.90. The number of rotatable bonds is 0. The summed E-state index contributed by atoms with van der Waals surface area (Å²) in [5, 5.41) is 7.53. The third-order valence-corrected chi connectivity index (χ3v) is 2.19. The van der Waals surface area contributed by atoms with Crippen LogP contribution in [0.25, 0.3) is 10.3 Å². The number of nitrogens with one attached hydrogen (secondary N) is 1. The monoisotopic (exact) mass is 167 g/mol. The molecule has 0 fully saturated rings. The lowest BCUT2D eigenvalue weighted by atomic mass is 10.3. The van der Waals surface area contributed by atoms with E-state index in [1.54, 1.807) is 6.20 Å². The van der Waals surface area contributed by atoms with Gasteiger partial charge in [-0.15, -0.1) is 5.10 Å². The quantitative estimate of drug-likeness (QED) is 0.628. The van der Waals surface area contributed by atoms with E-state index in [1.807, 2.05) is 6.92 Å². The van der Waals surface area contributed by atoms with Crippen LogP contribution in [0.2, 0.25) is 0 Å². The molecule has 0 aliphatic carbocycles. The fourth-order valence-electron chi connectivity index (χ4n) is 0.890. The van der Waals surface area contributed by atoms with E-state index < -0.39 is 0 Å². The minimum Gasteiger partial charge on any atom is -0.311 e. The van der Waals surface area contributed by atoms with Gasteiger partial charge in [-0.2, -0.15) is 5.10 Å². The zero-order valence-electron chi connectivity index (χ0n) is 5.79. The van der Waals surface area contributed by atoms with E-state index in [0.29, 0.717) is 4.83 Å². The van der Waals surface area contributed by atoms with Gasteiger partial charge >= 0.3 is 4.87 Å². The van der Waals surface area contributed by atoms with Crippen molar-refractivity contribution < 1.29 is 0 Å². The summed E-state index contributed by atoms with van der Waals surface area (Å²) in [5.41, 5.74) is 1.75. The molecule has 2 heterocycles. The van der Waals surface area contributed by atoms with Gasteiger partial charge in [0.15, 0.2) is 4.83 Å². The van der Waals surface area contributed by atoms with Crippen molar-refractivity contribution in [2.75, 3.05) is 0 Å². The van der Waals surface area contributed by atoms with Gasteiger partial charge in [0.2, 0.25) is 0 Å². The van der Waals surface area contributed by atoms with Crippen molar-refractivity contribution in [2.24, 2.45) is 0 Å². The summed E-state index contributed by atoms with van der Waals surface area (Å²) in [4.78, 5) is 14.1. The first-order valence-corrected chi connectivity index (χ1v) is 3.90. The van der Waals surface area contributed by atoms with Crippen molar-refractivity contribution in [1.82, 2.24) is 15.2 Å². The third-order valence-electron chi connectivity index (χ3n) is 1.42. The number of fused-ring (bicyclic) bond motifs is 1. The Labute approximate surface area is 65.9 Å². The number of aromatic nitrogens is 3. The van der Waals surface area contributed by atoms with E-state index in [4.69, 9.17) is 0 Å².